The summed E-state index contributed by atoms with van der Waals surface area (Å²) in [5.41, 5.74) is 4.14. The molecule has 142 valence electrons. The van der Waals surface area contributed by atoms with Crippen LogP contribution in [-0.2, 0) is 12.0 Å². The molecule has 0 amide bonds. The van der Waals surface area contributed by atoms with Crippen LogP contribution in [0.25, 0.3) is 11.4 Å². The molecule has 6 nitrogen and oxygen atoms in total. The van der Waals surface area contributed by atoms with E-state index in [1.807, 2.05) is 22.9 Å². The van der Waals surface area contributed by atoms with Crippen molar-refractivity contribution in [1.82, 2.24) is 24.7 Å². The van der Waals surface area contributed by atoms with Crippen LogP contribution in [0.1, 0.15) is 57.6 Å². The Balaban J connectivity index is 1.90. The summed E-state index contributed by atoms with van der Waals surface area (Å²) in [6.07, 6.45) is 6.50. The summed E-state index contributed by atoms with van der Waals surface area (Å²) in [6, 6.07) is 5.97. The summed E-state index contributed by atoms with van der Waals surface area (Å²) in [5, 5.41) is 8.21. The zero-order valence-corrected chi connectivity index (χ0v) is 17.0. The molecule has 27 heavy (non-hydrogen) atoms. The third kappa shape index (κ3) is 4.32. The lowest BCUT2D eigenvalue weighted by Gasteiger charge is -2.19. The Hall–Kier alpha value is -2.76. The first-order valence-corrected chi connectivity index (χ1v) is 9.39. The molecule has 0 aliphatic heterocycles. The van der Waals surface area contributed by atoms with Crippen molar-refractivity contribution >= 4 is 5.82 Å². The van der Waals surface area contributed by atoms with Gasteiger partial charge in [-0.15, -0.1) is 0 Å². The van der Waals surface area contributed by atoms with Crippen molar-refractivity contribution in [2.24, 2.45) is 0 Å². The van der Waals surface area contributed by atoms with Crippen molar-refractivity contribution in [3.05, 3.63) is 53.7 Å². The van der Waals surface area contributed by atoms with Gasteiger partial charge in [-0.2, -0.15) is 5.10 Å². The molecule has 0 spiro atoms. The minimum atomic E-state index is -0.0401. The van der Waals surface area contributed by atoms with E-state index in [4.69, 9.17) is 4.98 Å². The molecule has 0 saturated carbocycles. The number of rotatable bonds is 5. The highest BCUT2D eigenvalue weighted by molar-refractivity contribution is 5.57. The van der Waals surface area contributed by atoms with E-state index in [2.05, 4.69) is 68.1 Å². The van der Waals surface area contributed by atoms with Crippen molar-refractivity contribution in [3.63, 3.8) is 0 Å². The van der Waals surface area contributed by atoms with E-state index in [0.717, 1.165) is 29.2 Å². The molecule has 0 aliphatic rings. The van der Waals surface area contributed by atoms with E-state index in [9.17, 15) is 0 Å². The molecule has 3 heterocycles. The number of aryl methyl sites for hydroxylation is 2. The molecule has 0 bridgehead atoms. The fourth-order valence-corrected chi connectivity index (χ4v) is 2.92. The Bertz CT molecular complexity index is 908. The number of nitrogens with one attached hydrogen (secondary N) is 1. The molecule has 1 N–H and O–H groups in total. The minimum absolute atomic E-state index is 0.0401. The highest BCUT2D eigenvalue weighted by Gasteiger charge is 2.19. The van der Waals surface area contributed by atoms with E-state index < -0.39 is 0 Å². The van der Waals surface area contributed by atoms with Gasteiger partial charge in [-0.3, -0.25) is 9.67 Å². The second kappa shape index (κ2) is 7.47. The van der Waals surface area contributed by atoms with Gasteiger partial charge in [-0.25, -0.2) is 9.97 Å². The predicted molar refractivity (Wildman–Crippen MR) is 109 cm³/mol. The molecular formula is C21H28N6. The van der Waals surface area contributed by atoms with Crippen molar-refractivity contribution in [1.29, 1.82) is 0 Å². The molecule has 1 unspecified atom stereocenters. The maximum absolute atomic E-state index is 4.73. The van der Waals surface area contributed by atoms with Gasteiger partial charge >= 0.3 is 0 Å². The maximum atomic E-state index is 4.73. The normalized spacial score (nSPS) is 12.8. The van der Waals surface area contributed by atoms with E-state index in [1.165, 1.54) is 5.56 Å². The van der Waals surface area contributed by atoms with Gasteiger partial charge in [0.2, 0.25) is 0 Å². The summed E-state index contributed by atoms with van der Waals surface area (Å²) in [7, 11) is 0. The number of nitrogens with zero attached hydrogens (tertiary/aromatic N) is 5. The first-order valence-electron chi connectivity index (χ1n) is 9.39. The van der Waals surface area contributed by atoms with Gasteiger partial charge in [0.15, 0.2) is 5.82 Å². The lowest BCUT2D eigenvalue weighted by molar-refractivity contribution is 0.354. The maximum Gasteiger partial charge on any atom is 0.161 e. The van der Waals surface area contributed by atoms with Gasteiger partial charge in [0.25, 0.3) is 0 Å². The van der Waals surface area contributed by atoms with Crippen LogP contribution in [0.15, 0.2) is 36.8 Å². The van der Waals surface area contributed by atoms with E-state index in [-0.39, 0.29) is 11.6 Å². The van der Waals surface area contributed by atoms with Crippen LogP contribution in [-0.4, -0.2) is 24.7 Å². The summed E-state index contributed by atoms with van der Waals surface area (Å²) >= 11 is 0. The smallest absolute Gasteiger partial charge is 0.161 e. The minimum Gasteiger partial charge on any atom is -0.363 e. The van der Waals surface area contributed by atoms with Crippen LogP contribution < -0.4 is 5.32 Å². The van der Waals surface area contributed by atoms with E-state index in [0.29, 0.717) is 5.82 Å². The van der Waals surface area contributed by atoms with Crippen LogP contribution in [0.2, 0.25) is 0 Å². The molecule has 0 aromatic carbocycles. The number of hydrogen-bond acceptors (Lipinski definition) is 5. The summed E-state index contributed by atoms with van der Waals surface area (Å²) in [4.78, 5) is 13.5. The topological polar surface area (TPSA) is 68.5 Å². The fraction of sp³-hybridized carbons (Fsp3) is 0.429. The molecule has 0 fully saturated rings. The van der Waals surface area contributed by atoms with Crippen molar-refractivity contribution < 1.29 is 0 Å². The van der Waals surface area contributed by atoms with Crippen LogP contribution in [0, 0.1) is 6.92 Å². The first-order chi connectivity index (χ1) is 12.8. The quantitative estimate of drug-likeness (QED) is 0.720. The predicted octanol–water partition coefficient (Wildman–Crippen LogP) is 4.53. The fourth-order valence-electron chi connectivity index (χ4n) is 2.92. The zero-order valence-electron chi connectivity index (χ0n) is 17.0. The lowest BCUT2D eigenvalue weighted by Crippen LogP contribution is -2.22. The van der Waals surface area contributed by atoms with E-state index in [1.54, 1.807) is 12.4 Å². The average Bonchev–Trinajstić information content (AvgIpc) is 3.04. The van der Waals surface area contributed by atoms with Gasteiger partial charge in [0.1, 0.15) is 5.82 Å². The SMILES string of the molecule is CCc1cc(NC(C)c2cn(C(C)(C)C)nc2C)nc(-c2ccncc2)n1. The molecular weight excluding hydrogens is 336 g/mol. The Kier molecular flexibility index (Phi) is 5.26. The standard InChI is InChI=1S/C21H28N6/c1-7-17-12-19(25-20(24-17)16-8-10-22-11-9-16)23-14(2)18-13-27(21(4,5)6)26-15(18)3/h8-14H,7H2,1-6H3,(H,23,24,25). The summed E-state index contributed by atoms with van der Waals surface area (Å²) < 4.78 is 2.02. The second-order valence-corrected chi connectivity index (χ2v) is 7.81. The third-order valence-corrected chi connectivity index (χ3v) is 4.54. The lowest BCUT2D eigenvalue weighted by atomic mass is 10.1. The van der Waals surface area contributed by atoms with Gasteiger partial charge in [0, 0.05) is 41.5 Å². The second-order valence-electron chi connectivity index (χ2n) is 7.81. The van der Waals surface area contributed by atoms with Gasteiger partial charge in [0.05, 0.1) is 17.3 Å². The van der Waals surface area contributed by atoms with Crippen LogP contribution in [0.3, 0.4) is 0 Å². The molecule has 3 aromatic rings. The third-order valence-electron chi connectivity index (χ3n) is 4.54. The van der Waals surface area contributed by atoms with Crippen LogP contribution >= 0.6 is 0 Å². The molecule has 0 radical (unpaired) electrons. The van der Waals surface area contributed by atoms with Crippen molar-refractivity contribution in [2.45, 2.75) is 59.5 Å². The Labute approximate surface area is 161 Å². The highest BCUT2D eigenvalue weighted by atomic mass is 15.3. The zero-order chi connectivity index (χ0) is 19.6. The molecule has 3 rings (SSSR count). The van der Waals surface area contributed by atoms with Crippen molar-refractivity contribution in [2.75, 3.05) is 5.32 Å². The first kappa shape index (κ1) is 19.0. The van der Waals surface area contributed by atoms with Crippen LogP contribution in [0.5, 0.6) is 0 Å². The molecule has 0 aliphatic carbocycles. The number of pyridine rings is 1. The van der Waals surface area contributed by atoms with Gasteiger partial charge in [-0.1, -0.05) is 6.92 Å². The number of aromatic nitrogens is 5. The molecule has 0 saturated heterocycles. The Morgan fingerprint density at radius 2 is 1.85 bits per heavy atom. The molecule has 3 aromatic heterocycles. The number of hydrogen-bond donors (Lipinski definition) is 1. The average molecular weight is 364 g/mol. The van der Waals surface area contributed by atoms with Gasteiger partial charge in [-0.05, 0) is 53.2 Å². The molecule has 6 heteroatoms. The highest BCUT2D eigenvalue weighted by Crippen LogP contribution is 2.25. The summed E-state index contributed by atoms with van der Waals surface area (Å²) in [5.74, 6) is 1.54. The Morgan fingerprint density at radius 3 is 2.44 bits per heavy atom. The van der Waals surface area contributed by atoms with E-state index >= 15 is 0 Å². The van der Waals surface area contributed by atoms with Crippen LogP contribution in [0.4, 0.5) is 5.82 Å². The Morgan fingerprint density at radius 1 is 1.15 bits per heavy atom. The van der Waals surface area contributed by atoms with Crippen molar-refractivity contribution in [3.8, 4) is 11.4 Å². The summed E-state index contributed by atoms with van der Waals surface area (Å²) in [6.45, 7) is 12.7. The number of anilines is 1. The van der Waals surface area contributed by atoms with Gasteiger partial charge < -0.3 is 5.32 Å². The monoisotopic (exact) mass is 364 g/mol. The largest absolute Gasteiger partial charge is 0.363 e. The molecule has 1 atom stereocenters.